The summed E-state index contributed by atoms with van der Waals surface area (Å²) in [5.41, 5.74) is 0. The summed E-state index contributed by atoms with van der Waals surface area (Å²) in [6.07, 6.45) is 4.04. The predicted octanol–water partition coefficient (Wildman–Crippen LogP) is 1.71. The molecule has 0 aliphatic heterocycles. The van der Waals surface area contributed by atoms with Gasteiger partial charge in [-0.1, -0.05) is 12.8 Å². The van der Waals surface area contributed by atoms with Crippen LogP contribution in [0.25, 0.3) is 0 Å². The molecule has 0 bridgehead atoms. The average Bonchev–Trinajstić information content (AvgIpc) is 1.89. The molecule has 0 saturated carbocycles. The average molecular weight is 153 g/mol. The summed E-state index contributed by atoms with van der Waals surface area (Å²) in [5.74, 6) is 0. The van der Waals surface area contributed by atoms with E-state index in [0.717, 1.165) is 25.7 Å². The minimum atomic E-state index is 0.293. The molecule has 0 aliphatic rings. The maximum atomic E-state index is 8.37. The fourth-order valence-electron chi connectivity index (χ4n) is 0.622. The number of rotatable bonds is 6. The summed E-state index contributed by atoms with van der Waals surface area (Å²) in [6.45, 7) is 0.911. The molecule has 0 atom stereocenters. The molecular weight excluding hydrogens is 140 g/mol. The minimum absolute atomic E-state index is 0.293. The standard InChI is InChI=1S/C6H13ClO2/c7-9-6-4-2-1-3-5-8/h8H,1-6H2. The number of halogens is 1. The summed E-state index contributed by atoms with van der Waals surface area (Å²) in [6, 6.07) is 0. The number of hydrogen-bond acceptors (Lipinski definition) is 2. The highest BCUT2D eigenvalue weighted by atomic mass is 35.5. The second-order valence-electron chi connectivity index (χ2n) is 1.95. The van der Waals surface area contributed by atoms with Crippen LogP contribution in [-0.2, 0) is 4.29 Å². The lowest BCUT2D eigenvalue weighted by Crippen LogP contribution is -1.86. The summed E-state index contributed by atoms with van der Waals surface area (Å²) in [7, 11) is 0. The number of unbranched alkanes of at least 4 members (excludes halogenated alkanes) is 3. The van der Waals surface area contributed by atoms with Crippen LogP contribution in [-0.4, -0.2) is 18.3 Å². The Hall–Kier alpha value is 0.210. The zero-order valence-corrected chi connectivity index (χ0v) is 6.23. The Morgan fingerprint density at radius 1 is 1.11 bits per heavy atom. The SMILES string of the molecule is OCCCCCCOCl. The fraction of sp³-hybridized carbons (Fsp3) is 1.00. The van der Waals surface area contributed by atoms with Crippen LogP contribution in [0.1, 0.15) is 25.7 Å². The summed E-state index contributed by atoms with van der Waals surface area (Å²) in [5, 5.41) is 8.37. The van der Waals surface area contributed by atoms with Crippen molar-refractivity contribution in [3.05, 3.63) is 0 Å². The molecule has 0 heterocycles. The van der Waals surface area contributed by atoms with Crippen LogP contribution in [0.5, 0.6) is 0 Å². The van der Waals surface area contributed by atoms with Gasteiger partial charge in [-0.15, -0.1) is 0 Å². The van der Waals surface area contributed by atoms with Crippen LogP contribution < -0.4 is 0 Å². The Balaban J connectivity index is 2.60. The molecule has 0 aliphatic carbocycles. The molecule has 9 heavy (non-hydrogen) atoms. The summed E-state index contributed by atoms with van der Waals surface area (Å²) in [4.78, 5) is 0. The lowest BCUT2D eigenvalue weighted by Gasteiger charge is -1.95. The molecule has 0 saturated heterocycles. The predicted molar refractivity (Wildman–Crippen MR) is 37.4 cm³/mol. The monoisotopic (exact) mass is 152 g/mol. The third-order valence-corrected chi connectivity index (χ3v) is 1.28. The Kier molecular flexibility index (Phi) is 8.40. The molecule has 2 nitrogen and oxygen atoms in total. The fourth-order valence-corrected chi connectivity index (χ4v) is 0.731. The molecule has 1 N–H and O–H groups in total. The normalized spacial score (nSPS) is 10.0. The molecule has 0 rings (SSSR count). The van der Waals surface area contributed by atoms with E-state index in [2.05, 4.69) is 4.29 Å². The van der Waals surface area contributed by atoms with Crippen molar-refractivity contribution < 1.29 is 9.40 Å². The van der Waals surface area contributed by atoms with Crippen molar-refractivity contribution in [1.82, 2.24) is 0 Å². The maximum absolute atomic E-state index is 8.37. The van der Waals surface area contributed by atoms with Gasteiger partial charge in [-0.3, -0.25) is 4.29 Å². The van der Waals surface area contributed by atoms with Crippen LogP contribution in [0, 0.1) is 0 Å². The van der Waals surface area contributed by atoms with E-state index in [1.807, 2.05) is 0 Å². The van der Waals surface area contributed by atoms with Gasteiger partial charge in [-0.25, -0.2) is 0 Å². The van der Waals surface area contributed by atoms with Gasteiger partial charge < -0.3 is 5.11 Å². The van der Waals surface area contributed by atoms with Gasteiger partial charge in [0.15, 0.2) is 0 Å². The van der Waals surface area contributed by atoms with Gasteiger partial charge in [0.1, 0.15) is 0 Å². The van der Waals surface area contributed by atoms with Crippen molar-refractivity contribution in [3.8, 4) is 0 Å². The van der Waals surface area contributed by atoms with E-state index in [-0.39, 0.29) is 0 Å². The van der Waals surface area contributed by atoms with Crippen LogP contribution in [0.2, 0.25) is 0 Å². The van der Waals surface area contributed by atoms with E-state index in [0.29, 0.717) is 13.2 Å². The largest absolute Gasteiger partial charge is 0.396 e. The van der Waals surface area contributed by atoms with Crippen molar-refractivity contribution in [2.24, 2.45) is 0 Å². The first kappa shape index (κ1) is 9.21. The lowest BCUT2D eigenvalue weighted by atomic mass is 10.2. The third-order valence-electron chi connectivity index (χ3n) is 1.13. The maximum Gasteiger partial charge on any atom is 0.0682 e. The quantitative estimate of drug-likeness (QED) is 0.588. The minimum Gasteiger partial charge on any atom is -0.396 e. The molecule has 0 aromatic rings. The lowest BCUT2D eigenvalue weighted by molar-refractivity contribution is 0.277. The Morgan fingerprint density at radius 3 is 2.33 bits per heavy atom. The molecule has 56 valence electrons. The van der Waals surface area contributed by atoms with E-state index in [9.17, 15) is 0 Å². The Labute approximate surface area is 60.9 Å². The Morgan fingerprint density at radius 2 is 1.78 bits per heavy atom. The Bertz CT molecular complexity index is 44.3. The third kappa shape index (κ3) is 8.21. The topological polar surface area (TPSA) is 29.5 Å². The van der Waals surface area contributed by atoms with Gasteiger partial charge in [0.25, 0.3) is 0 Å². The van der Waals surface area contributed by atoms with Crippen LogP contribution in [0.15, 0.2) is 0 Å². The molecule has 0 unspecified atom stereocenters. The van der Waals surface area contributed by atoms with Crippen molar-refractivity contribution in [3.63, 3.8) is 0 Å². The number of aliphatic hydroxyl groups excluding tert-OH is 1. The summed E-state index contributed by atoms with van der Waals surface area (Å²) < 4.78 is 4.33. The van der Waals surface area contributed by atoms with E-state index in [4.69, 9.17) is 17.0 Å². The molecule has 0 amide bonds. The highest BCUT2D eigenvalue weighted by molar-refractivity contribution is 6.07. The van der Waals surface area contributed by atoms with E-state index in [1.165, 1.54) is 0 Å². The van der Waals surface area contributed by atoms with Crippen molar-refractivity contribution in [2.75, 3.05) is 13.2 Å². The van der Waals surface area contributed by atoms with Crippen molar-refractivity contribution >= 4 is 11.9 Å². The number of aliphatic hydroxyl groups is 1. The smallest absolute Gasteiger partial charge is 0.0682 e. The second kappa shape index (κ2) is 8.21. The first-order valence-corrected chi connectivity index (χ1v) is 3.57. The van der Waals surface area contributed by atoms with Gasteiger partial charge in [0.2, 0.25) is 0 Å². The molecule has 0 radical (unpaired) electrons. The van der Waals surface area contributed by atoms with Gasteiger partial charge in [-0.2, -0.15) is 0 Å². The first-order valence-electron chi connectivity index (χ1n) is 3.26. The first-order chi connectivity index (χ1) is 4.41. The zero-order valence-electron chi connectivity index (χ0n) is 5.48. The van der Waals surface area contributed by atoms with Gasteiger partial charge in [0.05, 0.1) is 18.5 Å². The molecule has 0 spiro atoms. The van der Waals surface area contributed by atoms with Crippen molar-refractivity contribution in [2.45, 2.75) is 25.7 Å². The number of hydrogen-bond donors (Lipinski definition) is 1. The van der Waals surface area contributed by atoms with E-state index < -0.39 is 0 Å². The highest BCUT2D eigenvalue weighted by Crippen LogP contribution is 1.99. The molecule has 0 aromatic carbocycles. The zero-order chi connectivity index (χ0) is 6.95. The summed E-state index contributed by atoms with van der Waals surface area (Å²) >= 11 is 4.96. The highest BCUT2D eigenvalue weighted by Gasteiger charge is 1.87. The second-order valence-corrected chi connectivity index (χ2v) is 2.17. The van der Waals surface area contributed by atoms with Crippen LogP contribution in [0.4, 0.5) is 0 Å². The van der Waals surface area contributed by atoms with Crippen LogP contribution >= 0.6 is 11.9 Å². The molecule has 3 heteroatoms. The van der Waals surface area contributed by atoms with Crippen LogP contribution in [0.3, 0.4) is 0 Å². The van der Waals surface area contributed by atoms with E-state index >= 15 is 0 Å². The van der Waals surface area contributed by atoms with Gasteiger partial charge in [0, 0.05) is 6.61 Å². The molecule has 0 fully saturated rings. The molecular formula is C6H13ClO2. The van der Waals surface area contributed by atoms with Crippen molar-refractivity contribution in [1.29, 1.82) is 0 Å². The van der Waals surface area contributed by atoms with Gasteiger partial charge >= 0.3 is 0 Å². The van der Waals surface area contributed by atoms with E-state index in [1.54, 1.807) is 0 Å². The van der Waals surface area contributed by atoms with Gasteiger partial charge in [-0.05, 0) is 12.8 Å². The molecule has 0 aromatic heterocycles.